The molecular formula is C24H27N5O2. The lowest BCUT2D eigenvalue weighted by atomic mass is 9.85. The second kappa shape index (κ2) is 9.93. The van der Waals surface area contributed by atoms with Crippen LogP contribution in [-0.2, 0) is 17.9 Å². The number of amides is 1. The van der Waals surface area contributed by atoms with Crippen molar-refractivity contribution in [3.8, 4) is 11.5 Å². The SMILES string of the molecule is CN=C(NCc1cccc(NC(=O)C2CCC2)c1)NCc1coc(-c2ccccc2)n1. The van der Waals surface area contributed by atoms with Crippen molar-refractivity contribution < 1.29 is 9.21 Å². The van der Waals surface area contributed by atoms with Crippen LogP contribution in [0.1, 0.15) is 30.5 Å². The summed E-state index contributed by atoms with van der Waals surface area (Å²) < 4.78 is 5.57. The number of aliphatic imine (C=N–C) groups is 1. The molecule has 1 aromatic heterocycles. The van der Waals surface area contributed by atoms with Gasteiger partial charge in [-0.2, -0.15) is 0 Å². The zero-order valence-corrected chi connectivity index (χ0v) is 17.6. The molecule has 0 bridgehead atoms. The minimum absolute atomic E-state index is 0.122. The van der Waals surface area contributed by atoms with Crippen LogP contribution in [0.5, 0.6) is 0 Å². The van der Waals surface area contributed by atoms with E-state index in [9.17, 15) is 4.79 Å². The number of nitrogens with one attached hydrogen (secondary N) is 3. The first-order valence-electron chi connectivity index (χ1n) is 10.6. The summed E-state index contributed by atoms with van der Waals surface area (Å²) in [5.41, 5.74) is 3.63. The summed E-state index contributed by atoms with van der Waals surface area (Å²) in [5.74, 6) is 1.55. The van der Waals surface area contributed by atoms with Crippen LogP contribution in [0.25, 0.3) is 11.5 Å². The van der Waals surface area contributed by atoms with Crippen LogP contribution in [0.4, 0.5) is 5.69 Å². The maximum absolute atomic E-state index is 12.2. The highest BCUT2D eigenvalue weighted by Gasteiger charge is 2.25. The van der Waals surface area contributed by atoms with E-state index in [1.54, 1.807) is 13.3 Å². The van der Waals surface area contributed by atoms with Gasteiger partial charge in [0, 0.05) is 30.8 Å². The summed E-state index contributed by atoms with van der Waals surface area (Å²) in [4.78, 5) is 20.9. The number of guanidine groups is 1. The van der Waals surface area contributed by atoms with Gasteiger partial charge in [0.05, 0.1) is 12.2 Å². The standard InChI is InChI=1S/C24H27N5O2/c1-25-24(27-15-21-16-31-23(29-21)19-8-3-2-4-9-19)26-14-17-7-5-12-20(13-17)28-22(30)18-10-6-11-18/h2-5,7-9,12-13,16,18H,6,10-11,14-15H2,1H3,(H,28,30)(H2,25,26,27). The predicted octanol–water partition coefficient (Wildman–Crippen LogP) is 3.95. The summed E-state index contributed by atoms with van der Waals surface area (Å²) in [6, 6.07) is 17.7. The monoisotopic (exact) mass is 417 g/mol. The van der Waals surface area contributed by atoms with E-state index < -0.39 is 0 Å². The third-order valence-electron chi connectivity index (χ3n) is 5.36. The largest absolute Gasteiger partial charge is 0.444 e. The molecule has 1 heterocycles. The zero-order valence-electron chi connectivity index (χ0n) is 17.6. The maximum atomic E-state index is 12.2. The second-order valence-corrected chi connectivity index (χ2v) is 7.61. The number of hydrogen-bond acceptors (Lipinski definition) is 4. The zero-order chi connectivity index (χ0) is 21.5. The normalized spacial score (nSPS) is 14.0. The molecule has 1 aliphatic carbocycles. The quantitative estimate of drug-likeness (QED) is 0.400. The van der Waals surface area contributed by atoms with E-state index in [2.05, 4.69) is 25.9 Å². The van der Waals surface area contributed by atoms with Gasteiger partial charge in [-0.25, -0.2) is 4.98 Å². The summed E-state index contributed by atoms with van der Waals surface area (Å²) in [7, 11) is 1.72. The summed E-state index contributed by atoms with van der Waals surface area (Å²) in [6.07, 6.45) is 4.79. The van der Waals surface area contributed by atoms with Gasteiger partial charge in [0.25, 0.3) is 0 Å². The van der Waals surface area contributed by atoms with Gasteiger partial charge >= 0.3 is 0 Å². The van der Waals surface area contributed by atoms with Gasteiger partial charge in [-0.3, -0.25) is 9.79 Å². The van der Waals surface area contributed by atoms with Crippen LogP contribution >= 0.6 is 0 Å². The van der Waals surface area contributed by atoms with E-state index in [4.69, 9.17) is 4.42 Å². The highest BCUT2D eigenvalue weighted by Crippen LogP contribution is 2.27. The van der Waals surface area contributed by atoms with Crippen LogP contribution in [0.2, 0.25) is 0 Å². The van der Waals surface area contributed by atoms with Gasteiger partial charge in [-0.1, -0.05) is 36.8 Å². The molecule has 0 atom stereocenters. The number of oxazole rings is 1. The molecule has 0 unspecified atom stereocenters. The molecule has 1 amide bonds. The molecule has 0 saturated heterocycles. The molecule has 0 aliphatic heterocycles. The van der Waals surface area contributed by atoms with Gasteiger partial charge in [-0.05, 0) is 42.7 Å². The van der Waals surface area contributed by atoms with Gasteiger partial charge in [0.1, 0.15) is 6.26 Å². The molecule has 1 aliphatic rings. The Morgan fingerprint density at radius 2 is 1.90 bits per heavy atom. The Hall–Kier alpha value is -3.61. The molecule has 3 aromatic rings. The van der Waals surface area contributed by atoms with Crippen molar-refractivity contribution in [2.24, 2.45) is 10.9 Å². The van der Waals surface area contributed by atoms with Crippen LogP contribution in [0.3, 0.4) is 0 Å². The Kier molecular flexibility index (Phi) is 6.62. The van der Waals surface area contributed by atoms with E-state index in [-0.39, 0.29) is 11.8 Å². The first kappa shape index (κ1) is 20.7. The number of aromatic nitrogens is 1. The van der Waals surface area contributed by atoms with Gasteiger partial charge in [0.2, 0.25) is 11.8 Å². The smallest absolute Gasteiger partial charge is 0.227 e. The number of carbonyl (C=O) groups excluding carboxylic acids is 1. The number of hydrogen-bond donors (Lipinski definition) is 3. The predicted molar refractivity (Wildman–Crippen MR) is 121 cm³/mol. The van der Waals surface area contributed by atoms with Gasteiger partial charge in [0.15, 0.2) is 5.96 Å². The van der Waals surface area contributed by atoms with E-state index in [1.807, 2.05) is 54.6 Å². The molecule has 160 valence electrons. The van der Waals surface area contributed by atoms with Crippen LogP contribution in [0, 0.1) is 5.92 Å². The first-order valence-corrected chi connectivity index (χ1v) is 10.6. The third kappa shape index (κ3) is 5.51. The van der Waals surface area contributed by atoms with E-state index in [0.29, 0.717) is 24.9 Å². The van der Waals surface area contributed by atoms with Crippen molar-refractivity contribution in [2.75, 3.05) is 12.4 Å². The molecule has 2 aromatic carbocycles. The number of rotatable bonds is 7. The summed E-state index contributed by atoms with van der Waals surface area (Å²) >= 11 is 0. The highest BCUT2D eigenvalue weighted by molar-refractivity contribution is 5.93. The molecule has 4 rings (SSSR count). The van der Waals surface area contributed by atoms with E-state index >= 15 is 0 Å². The Balaban J connectivity index is 1.27. The molecule has 31 heavy (non-hydrogen) atoms. The van der Waals surface area contributed by atoms with Crippen LogP contribution in [0.15, 0.2) is 70.3 Å². The summed E-state index contributed by atoms with van der Waals surface area (Å²) in [6.45, 7) is 1.08. The maximum Gasteiger partial charge on any atom is 0.227 e. The Morgan fingerprint density at radius 3 is 2.65 bits per heavy atom. The van der Waals surface area contributed by atoms with E-state index in [1.165, 1.54) is 0 Å². The lowest BCUT2D eigenvalue weighted by Gasteiger charge is -2.24. The lowest BCUT2D eigenvalue weighted by Crippen LogP contribution is -2.36. The molecule has 0 radical (unpaired) electrons. The molecular weight excluding hydrogens is 390 g/mol. The third-order valence-corrected chi connectivity index (χ3v) is 5.36. The molecule has 7 heteroatoms. The number of carbonyl (C=O) groups is 1. The molecule has 7 nitrogen and oxygen atoms in total. The fourth-order valence-electron chi connectivity index (χ4n) is 3.36. The number of benzene rings is 2. The lowest BCUT2D eigenvalue weighted by molar-refractivity contribution is -0.122. The minimum atomic E-state index is 0.122. The van der Waals surface area contributed by atoms with Crippen molar-refractivity contribution in [1.82, 2.24) is 15.6 Å². The van der Waals surface area contributed by atoms with Gasteiger partial charge in [-0.15, -0.1) is 0 Å². The second-order valence-electron chi connectivity index (χ2n) is 7.61. The van der Waals surface area contributed by atoms with Crippen molar-refractivity contribution in [3.05, 3.63) is 72.1 Å². The average Bonchev–Trinajstić information content (AvgIpc) is 3.22. The first-order chi connectivity index (χ1) is 15.2. The summed E-state index contributed by atoms with van der Waals surface area (Å²) in [5, 5.41) is 9.55. The van der Waals surface area contributed by atoms with Gasteiger partial charge < -0.3 is 20.4 Å². The fourth-order valence-corrected chi connectivity index (χ4v) is 3.36. The Labute approximate surface area is 182 Å². The van der Waals surface area contributed by atoms with E-state index in [0.717, 1.165) is 41.8 Å². The van der Waals surface area contributed by atoms with Crippen LogP contribution in [-0.4, -0.2) is 23.9 Å². The molecule has 0 spiro atoms. The van der Waals surface area contributed by atoms with Crippen molar-refractivity contribution in [2.45, 2.75) is 32.4 Å². The molecule has 1 fully saturated rings. The van der Waals surface area contributed by atoms with Crippen molar-refractivity contribution in [3.63, 3.8) is 0 Å². The van der Waals surface area contributed by atoms with Crippen molar-refractivity contribution in [1.29, 1.82) is 0 Å². The number of anilines is 1. The average molecular weight is 418 g/mol. The topological polar surface area (TPSA) is 91.5 Å². The molecule has 3 N–H and O–H groups in total. The molecule has 1 saturated carbocycles. The van der Waals surface area contributed by atoms with Crippen LogP contribution < -0.4 is 16.0 Å². The highest BCUT2D eigenvalue weighted by atomic mass is 16.3. The fraction of sp³-hybridized carbons (Fsp3) is 0.292. The number of nitrogens with zero attached hydrogens (tertiary/aromatic N) is 2. The Bertz CT molecular complexity index is 1040. The Morgan fingerprint density at radius 1 is 1.10 bits per heavy atom. The van der Waals surface area contributed by atoms with Crippen molar-refractivity contribution >= 4 is 17.6 Å². The minimum Gasteiger partial charge on any atom is -0.444 e.